The molecule has 4 aromatic rings. The number of ketones is 1. The van der Waals surface area contributed by atoms with Gasteiger partial charge in [0.05, 0.1) is 22.2 Å². The lowest BCUT2D eigenvalue weighted by atomic mass is 9.94. The number of hydrogen-bond donors (Lipinski definition) is 1. The van der Waals surface area contributed by atoms with Gasteiger partial charge in [0.1, 0.15) is 42.3 Å². The van der Waals surface area contributed by atoms with E-state index in [9.17, 15) is 10.1 Å². The summed E-state index contributed by atoms with van der Waals surface area (Å²) < 4.78 is 18.9. The number of benzene rings is 3. The van der Waals surface area contributed by atoms with E-state index in [1.807, 2.05) is 42.5 Å². The average Bonchev–Trinajstić information content (AvgIpc) is 3.13. The third-order valence-electron chi connectivity index (χ3n) is 9.78. The Morgan fingerprint density at radius 1 is 0.941 bits per heavy atom. The molecule has 2 fully saturated rings. The van der Waals surface area contributed by atoms with Crippen LogP contribution in [0.15, 0.2) is 67.0 Å². The Balaban J connectivity index is 1.18. The second-order valence-electron chi connectivity index (χ2n) is 13.7. The maximum Gasteiger partial charge on any atom is 0.142 e. The molecule has 1 aromatic heterocycles. The van der Waals surface area contributed by atoms with E-state index in [-0.39, 0.29) is 25.0 Å². The topological polar surface area (TPSA) is 96.7 Å². The molecule has 2 unspecified atom stereocenters. The summed E-state index contributed by atoms with van der Waals surface area (Å²) in [4.78, 5) is 18.6. The van der Waals surface area contributed by atoms with E-state index in [1.54, 1.807) is 12.3 Å². The molecule has 6 rings (SSSR count). The smallest absolute Gasteiger partial charge is 0.142 e. The van der Waals surface area contributed by atoms with Crippen molar-refractivity contribution in [1.82, 2.24) is 15.2 Å². The molecule has 3 aromatic carbocycles. The van der Waals surface area contributed by atoms with E-state index in [1.165, 1.54) is 12.6 Å². The minimum Gasteiger partial charge on any atom is -0.492 e. The largest absolute Gasteiger partial charge is 0.492 e. The van der Waals surface area contributed by atoms with Crippen molar-refractivity contribution >= 4 is 29.0 Å². The molecule has 1 saturated heterocycles. The van der Waals surface area contributed by atoms with Crippen LogP contribution < -0.4 is 19.5 Å². The highest BCUT2D eigenvalue weighted by Crippen LogP contribution is 2.39. The SMILES string of the molecule is Cc1c(COc2cc(OCc3cncc(C#N)c3)c(CNC3CCCC(=O)C3)cc2Cl)cccc1-c1cccc(OCC2CCCN(C)C2)c1Cl. The Hall–Kier alpha value is -4.13. The molecule has 0 amide bonds. The highest BCUT2D eigenvalue weighted by atomic mass is 35.5. The Bertz CT molecular complexity index is 1890. The highest BCUT2D eigenvalue weighted by molar-refractivity contribution is 6.35. The van der Waals surface area contributed by atoms with E-state index in [4.69, 9.17) is 37.4 Å². The number of ether oxygens (including phenoxy) is 3. The van der Waals surface area contributed by atoms with Crippen molar-refractivity contribution in [3.8, 4) is 34.4 Å². The standard InChI is InChI=1S/C41H44Cl2N4O4/c1-27-31(8-3-11-35(27)36-12-5-13-38(41(36)43)49-24-28-7-6-14-47(2)23-28)26-51-40-18-39(50-25-30-15-29(19-44)20-45-21-30)32(16-37(40)42)22-46-33-9-4-10-34(48)17-33/h3,5,8,11-13,15-16,18,20-21,28,33,46H,4,6-7,9-10,14,17,22-26H2,1-2H3. The number of rotatable bonds is 13. The van der Waals surface area contributed by atoms with Gasteiger partial charge in [-0.15, -0.1) is 0 Å². The number of halogens is 2. The molecule has 2 aliphatic rings. The van der Waals surface area contributed by atoms with Gasteiger partial charge in [-0.3, -0.25) is 9.78 Å². The lowest BCUT2D eigenvalue weighted by Gasteiger charge is -2.29. The van der Waals surface area contributed by atoms with Gasteiger partial charge in [0.15, 0.2) is 0 Å². The normalized spacial score (nSPS) is 17.9. The van der Waals surface area contributed by atoms with E-state index < -0.39 is 0 Å². The molecule has 1 N–H and O–H groups in total. The van der Waals surface area contributed by atoms with Crippen molar-refractivity contribution in [2.75, 3.05) is 26.7 Å². The summed E-state index contributed by atoms with van der Waals surface area (Å²) in [5, 5.41) is 13.9. The van der Waals surface area contributed by atoms with Crippen LogP contribution >= 0.6 is 23.2 Å². The van der Waals surface area contributed by atoms with Crippen LogP contribution in [0.25, 0.3) is 11.1 Å². The summed E-state index contributed by atoms with van der Waals surface area (Å²) in [7, 11) is 2.16. The van der Waals surface area contributed by atoms with Gasteiger partial charge in [0.2, 0.25) is 0 Å². The quantitative estimate of drug-likeness (QED) is 0.146. The molecule has 1 aliphatic carbocycles. The van der Waals surface area contributed by atoms with Crippen LogP contribution in [0.3, 0.4) is 0 Å². The van der Waals surface area contributed by atoms with Crippen LogP contribution in [0, 0.1) is 24.2 Å². The summed E-state index contributed by atoms with van der Waals surface area (Å²) in [6.45, 7) is 5.85. The van der Waals surface area contributed by atoms with E-state index in [0.717, 1.165) is 65.7 Å². The van der Waals surface area contributed by atoms with Crippen LogP contribution in [-0.2, 0) is 24.6 Å². The first kappa shape index (κ1) is 36.7. The van der Waals surface area contributed by atoms with E-state index in [2.05, 4.69) is 41.3 Å². The minimum atomic E-state index is 0.111. The number of carbonyl (C=O) groups excluding carboxylic acids is 1. The van der Waals surface area contributed by atoms with Gasteiger partial charge in [-0.1, -0.05) is 53.5 Å². The fourth-order valence-electron chi connectivity index (χ4n) is 6.94. The van der Waals surface area contributed by atoms with Gasteiger partial charge in [0.25, 0.3) is 0 Å². The highest BCUT2D eigenvalue weighted by Gasteiger charge is 2.22. The van der Waals surface area contributed by atoms with E-state index in [0.29, 0.717) is 64.8 Å². The van der Waals surface area contributed by atoms with Crippen LogP contribution in [0.4, 0.5) is 0 Å². The lowest BCUT2D eigenvalue weighted by molar-refractivity contribution is -0.120. The van der Waals surface area contributed by atoms with Gasteiger partial charge in [0, 0.05) is 73.0 Å². The Labute approximate surface area is 310 Å². The van der Waals surface area contributed by atoms with Crippen molar-refractivity contribution in [3.05, 3.63) is 105 Å². The summed E-state index contributed by atoms with van der Waals surface area (Å²) >= 11 is 13.8. The maximum atomic E-state index is 12.1. The van der Waals surface area contributed by atoms with Gasteiger partial charge >= 0.3 is 0 Å². The van der Waals surface area contributed by atoms with Gasteiger partial charge in [-0.05, 0) is 81.1 Å². The first-order valence-electron chi connectivity index (χ1n) is 17.6. The summed E-state index contributed by atoms with van der Waals surface area (Å²) in [6, 6.07) is 19.7. The molecule has 0 radical (unpaired) electrons. The van der Waals surface area contributed by atoms with Crippen LogP contribution in [0.2, 0.25) is 10.0 Å². The second-order valence-corrected chi connectivity index (χ2v) is 14.4. The number of nitrogens with zero attached hydrogens (tertiary/aromatic N) is 3. The number of nitrogens with one attached hydrogen (secondary N) is 1. The van der Waals surface area contributed by atoms with Crippen LogP contribution in [-0.4, -0.2) is 48.5 Å². The van der Waals surface area contributed by atoms with Gasteiger partial charge in [-0.25, -0.2) is 0 Å². The molecule has 0 bridgehead atoms. The second kappa shape index (κ2) is 17.4. The van der Waals surface area contributed by atoms with Gasteiger partial charge in [-0.2, -0.15) is 5.26 Å². The zero-order chi connectivity index (χ0) is 35.7. The molecular weight excluding hydrogens is 683 g/mol. The molecule has 2 atom stereocenters. The Kier molecular flexibility index (Phi) is 12.5. The maximum absolute atomic E-state index is 12.1. The zero-order valence-electron chi connectivity index (χ0n) is 29.2. The number of pyridine rings is 1. The molecular formula is C41H44Cl2N4O4. The zero-order valence-corrected chi connectivity index (χ0v) is 30.7. The fraction of sp³-hybridized carbons (Fsp3) is 0.390. The number of aromatic nitrogens is 1. The number of nitriles is 1. The summed E-state index contributed by atoms with van der Waals surface area (Å²) in [5.41, 5.74) is 6.04. The fourth-order valence-corrected chi connectivity index (χ4v) is 7.46. The molecule has 8 nitrogen and oxygen atoms in total. The molecule has 2 heterocycles. The van der Waals surface area contributed by atoms with Crippen molar-refractivity contribution in [3.63, 3.8) is 0 Å². The van der Waals surface area contributed by atoms with Crippen LogP contribution in [0.1, 0.15) is 66.3 Å². The minimum absolute atomic E-state index is 0.111. The Morgan fingerprint density at radius 3 is 2.59 bits per heavy atom. The van der Waals surface area contributed by atoms with Crippen molar-refractivity contribution in [1.29, 1.82) is 5.26 Å². The number of piperidine rings is 1. The molecule has 51 heavy (non-hydrogen) atoms. The number of likely N-dealkylation sites (tertiary alicyclic amines) is 1. The lowest BCUT2D eigenvalue weighted by Crippen LogP contribution is -2.34. The summed E-state index contributed by atoms with van der Waals surface area (Å²) in [5.74, 6) is 2.55. The molecule has 1 aliphatic heterocycles. The van der Waals surface area contributed by atoms with Crippen molar-refractivity contribution < 1.29 is 19.0 Å². The predicted octanol–water partition coefficient (Wildman–Crippen LogP) is 8.72. The molecule has 10 heteroatoms. The number of hydrogen-bond acceptors (Lipinski definition) is 8. The third-order valence-corrected chi connectivity index (χ3v) is 10.5. The average molecular weight is 728 g/mol. The predicted molar refractivity (Wildman–Crippen MR) is 201 cm³/mol. The number of carbonyl (C=O) groups is 1. The number of Topliss-reactive ketones (excluding diaryl/α,β-unsaturated/α-hetero) is 1. The van der Waals surface area contributed by atoms with Crippen molar-refractivity contribution in [2.45, 2.75) is 71.2 Å². The molecule has 0 spiro atoms. The van der Waals surface area contributed by atoms with Crippen LogP contribution in [0.5, 0.6) is 17.2 Å². The van der Waals surface area contributed by atoms with E-state index >= 15 is 0 Å². The molecule has 266 valence electrons. The Morgan fingerprint density at radius 2 is 1.76 bits per heavy atom. The first-order chi connectivity index (χ1) is 24.8. The monoisotopic (exact) mass is 726 g/mol. The molecule has 1 saturated carbocycles. The summed E-state index contributed by atoms with van der Waals surface area (Å²) in [6.07, 6.45) is 8.56. The first-order valence-corrected chi connectivity index (χ1v) is 18.4. The third kappa shape index (κ3) is 9.61. The van der Waals surface area contributed by atoms with Gasteiger partial charge < -0.3 is 24.4 Å². The van der Waals surface area contributed by atoms with Crippen molar-refractivity contribution in [2.24, 2.45) is 5.92 Å².